The molecule has 1 heterocycles. The second-order valence-electron chi connectivity index (χ2n) is 2.26. The van der Waals surface area contributed by atoms with Crippen molar-refractivity contribution in [1.82, 2.24) is 4.98 Å². The van der Waals surface area contributed by atoms with Gasteiger partial charge < -0.3 is 9.11 Å². The van der Waals surface area contributed by atoms with Gasteiger partial charge in [-0.1, -0.05) is 0 Å². The van der Waals surface area contributed by atoms with E-state index in [1.165, 1.54) is 0 Å². The summed E-state index contributed by atoms with van der Waals surface area (Å²) in [5.41, 5.74) is 0. The largest absolute Gasteiger partial charge is 1.00 e. The van der Waals surface area contributed by atoms with E-state index < -0.39 is 30.0 Å². The van der Waals surface area contributed by atoms with E-state index >= 15 is 0 Å². The molecule has 78 valence electrons. The minimum atomic E-state index is -4.80. The Bertz CT molecular complexity index is 507. The molecule has 0 unspecified atom stereocenters. The summed E-state index contributed by atoms with van der Waals surface area (Å²) in [5, 5.41) is 0. The van der Waals surface area contributed by atoms with Gasteiger partial charge in [0, 0.05) is 12.4 Å². The molecule has 1 aromatic rings. The van der Waals surface area contributed by atoms with E-state index in [4.69, 9.17) is 0 Å². The number of nitrogens with zero attached hydrogens (tertiary/aromatic N) is 1. The quantitative estimate of drug-likeness (QED) is 0.389. The Hall–Kier alpha value is 0.970. The molecule has 0 aliphatic rings. The van der Waals surface area contributed by atoms with Crippen molar-refractivity contribution in [3.63, 3.8) is 0 Å². The molecule has 0 atom stereocenters. The fourth-order valence-electron chi connectivity index (χ4n) is 0.672. The van der Waals surface area contributed by atoms with Crippen molar-refractivity contribution in [2.45, 2.75) is 9.79 Å². The summed E-state index contributed by atoms with van der Waals surface area (Å²) in [6, 6.07) is 0.470. The van der Waals surface area contributed by atoms with E-state index in [1.54, 1.807) is 0 Å². The van der Waals surface area contributed by atoms with Crippen LogP contribution in [0.4, 0.5) is 0 Å². The molecule has 0 saturated carbocycles. The van der Waals surface area contributed by atoms with Gasteiger partial charge in [-0.25, -0.2) is 16.8 Å². The first kappa shape index (κ1) is 19.3. The molecule has 0 N–H and O–H groups in total. The molecule has 0 bridgehead atoms. The van der Waals surface area contributed by atoms with E-state index in [1.807, 2.05) is 0 Å². The maximum absolute atomic E-state index is 10.4. The van der Waals surface area contributed by atoms with Crippen LogP contribution in [-0.2, 0) is 20.2 Å². The number of hydrogen-bond donors (Lipinski definition) is 0. The molecule has 0 fully saturated rings. The summed E-state index contributed by atoms with van der Waals surface area (Å²) >= 11 is 0. The molecule has 16 heavy (non-hydrogen) atoms. The predicted molar refractivity (Wildman–Crippen MR) is 40.2 cm³/mol. The van der Waals surface area contributed by atoms with Crippen LogP contribution in [0, 0.1) is 0 Å². The van der Waals surface area contributed by atoms with Crippen LogP contribution < -0.4 is 59.1 Å². The van der Waals surface area contributed by atoms with Gasteiger partial charge in [0.05, 0.1) is 9.79 Å². The van der Waals surface area contributed by atoms with Crippen LogP contribution in [-0.4, -0.2) is 30.9 Å². The summed E-state index contributed by atoms with van der Waals surface area (Å²) in [5.74, 6) is 0. The number of aromatic nitrogens is 1. The molecule has 0 aliphatic heterocycles. The molecule has 0 radical (unpaired) electrons. The van der Waals surface area contributed by atoms with Gasteiger partial charge in [-0.15, -0.1) is 0 Å². The normalized spacial score (nSPS) is 11.1. The van der Waals surface area contributed by atoms with Crippen molar-refractivity contribution in [2.75, 3.05) is 0 Å². The molecule has 0 aromatic carbocycles. The summed E-state index contributed by atoms with van der Waals surface area (Å²) < 4.78 is 62.5. The van der Waals surface area contributed by atoms with Crippen molar-refractivity contribution in [1.29, 1.82) is 0 Å². The number of rotatable bonds is 2. The smallest absolute Gasteiger partial charge is 0.744 e. The van der Waals surface area contributed by atoms with Gasteiger partial charge in [-0.05, 0) is 6.07 Å². The Labute approximate surface area is 137 Å². The van der Waals surface area contributed by atoms with E-state index in [9.17, 15) is 25.9 Å². The Morgan fingerprint density at radius 1 is 0.875 bits per heavy atom. The minimum absolute atomic E-state index is 0. The van der Waals surface area contributed by atoms with Crippen LogP contribution in [0.3, 0.4) is 0 Å². The van der Waals surface area contributed by atoms with E-state index in [0.29, 0.717) is 18.5 Å². The monoisotopic (exact) mass is 283 g/mol. The SMILES string of the molecule is O=S(=O)([O-])c1cncc(S(=O)(=O)[O-])c1.[Na+].[Na+]. The topological polar surface area (TPSA) is 127 Å². The summed E-state index contributed by atoms with van der Waals surface area (Å²) in [7, 11) is -9.60. The number of pyridine rings is 1. The molecule has 7 nitrogen and oxygen atoms in total. The fraction of sp³-hybridized carbons (Fsp3) is 0. The van der Waals surface area contributed by atoms with Crippen LogP contribution in [0.5, 0.6) is 0 Å². The van der Waals surface area contributed by atoms with Gasteiger partial charge in [0.15, 0.2) is 0 Å². The van der Waals surface area contributed by atoms with E-state index in [2.05, 4.69) is 4.98 Å². The van der Waals surface area contributed by atoms with Gasteiger partial charge in [-0.3, -0.25) is 4.98 Å². The molecule has 0 spiro atoms. The second-order valence-corrected chi connectivity index (χ2v) is 5.02. The first-order chi connectivity index (χ1) is 6.21. The fourth-order valence-corrected chi connectivity index (χ4v) is 1.67. The molecule has 0 saturated heterocycles. The minimum Gasteiger partial charge on any atom is -0.744 e. The zero-order valence-electron chi connectivity index (χ0n) is 8.45. The average Bonchev–Trinajstić information content (AvgIpc) is 2.01. The summed E-state index contributed by atoms with van der Waals surface area (Å²) in [4.78, 5) is 1.45. The maximum atomic E-state index is 10.4. The molecule has 1 aromatic heterocycles. The molecule has 0 aliphatic carbocycles. The summed E-state index contributed by atoms with van der Waals surface area (Å²) in [6.45, 7) is 0. The van der Waals surface area contributed by atoms with Crippen LogP contribution in [0.2, 0.25) is 0 Å². The summed E-state index contributed by atoms with van der Waals surface area (Å²) in [6.07, 6.45) is 1.33. The van der Waals surface area contributed by atoms with Gasteiger partial charge in [0.25, 0.3) is 0 Å². The zero-order chi connectivity index (χ0) is 11.0. The second kappa shape index (κ2) is 6.78. The Morgan fingerprint density at radius 2 is 1.19 bits per heavy atom. The Morgan fingerprint density at radius 3 is 1.44 bits per heavy atom. The van der Waals surface area contributed by atoms with Crippen LogP contribution in [0.15, 0.2) is 28.3 Å². The van der Waals surface area contributed by atoms with Crippen molar-refractivity contribution in [2.24, 2.45) is 0 Å². The van der Waals surface area contributed by atoms with Crippen molar-refractivity contribution in [3.8, 4) is 0 Å². The van der Waals surface area contributed by atoms with Gasteiger partial charge in [-0.2, -0.15) is 0 Å². The predicted octanol–water partition coefficient (Wildman–Crippen LogP) is -7.10. The van der Waals surface area contributed by atoms with E-state index in [0.717, 1.165) is 0 Å². The standard InChI is InChI=1S/C5H5NO6S2.2Na/c7-13(8,9)4-1-5(3-6-2-4)14(10,11)12;;/h1-3H,(H,7,8,9)(H,10,11,12);;/q;2*+1/p-2. The molecule has 0 amide bonds. The van der Waals surface area contributed by atoms with Crippen LogP contribution in [0.1, 0.15) is 0 Å². The Kier molecular flexibility index (Phi) is 8.19. The molecular weight excluding hydrogens is 280 g/mol. The van der Waals surface area contributed by atoms with Gasteiger partial charge >= 0.3 is 59.1 Å². The molecule has 11 heteroatoms. The third-order valence-corrected chi connectivity index (χ3v) is 2.87. The van der Waals surface area contributed by atoms with Crippen LogP contribution >= 0.6 is 0 Å². The van der Waals surface area contributed by atoms with Crippen molar-refractivity contribution >= 4 is 20.2 Å². The maximum Gasteiger partial charge on any atom is 1.00 e. The van der Waals surface area contributed by atoms with E-state index in [-0.39, 0.29) is 59.1 Å². The molecular formula is C5H3NNa2O6S2. The van der Waals surface area contributed by atoms with Gasteiger partial charge in [0.1, 0.15) is 20.2 Å². The zero-order valence-corrected chi connectivity index (χ0v) is 14.1. The van der Waals surface area contributed by atoms with Crippen molar-refractivity contribution in [3.05, 3.63) is 18.5 Å². The number of hydrogen-bond acceptors (Lipinski definition) is 7. The van der Waals surface area contributed by atoms with Crippen molar-refractivity contribution < 1.29 is 85.1 Å². The Balaban J connectivity index is 0. The van der Waals surface area contributed by atoms with Crippen LogP contribution in [0.25, 0.3) is 0 Å². The third kappa shape index (κ3) is 5.54. The van der Waals surface area contributed by atoms with Gasteiger partial charge in [0.2, 0.25) is 0 Å². The first-order valence-electron chi connectivity index (χ1n) is 3.08. The third-order valence-electron chi connectivity index (χ3n) is 1.27. The average molecular weight is 283 g/mol. The first-order valence-corrected chi connectivity index (χ1v) is 5.90. The molecule has 1 rings (SSSR count).